The Morgan fingerprint density at radius 1 is 1.33 bits per heavy atom. The van der Waals surface area contributed by atoms with E-state index in [-0.39, 0.29) is 24.7 Å². The van der Waals surface area contributed by atoms with Gasteiger partial charge in [0, 0.05) is 19.3 Å². The first-order valence-corrected chi connectivity index (χ1v) is 9.35. The van der Waals surface area contributed by atoms with Crippen LogP contribution in [0.2, 0.25) is 0 Å². The molecule has 0 aromatic heterocycles. The molecular formula is C15H21N3O5S. The highest BCUT2D eigenvalue weighted by molar-refractivity contribution is 7.90. The summed E-state index contributed by atoms with van der Waals surface area (Å²) in [5, 5.41) is 12.1. The number of carboxylic acid groups (broad SMARTS) is 1. The van der Waals surface area contributed by atoms with Gasteiger partial charge < -0.3 is 15.3 Å². The minimum atomic E-state index is -3.44. The topological polar surface area (TPSA) is 116 Å². The van der Waals surface area contributed by atoms with Gasteiger partial charge >= 0.3 is 5.97 Å². The van der Waals surface area contributed by atoms with Gasteiger partial charge in [-0.25, -0.2) is 8.42 Å². The normalized spacial score (nSPS) is 19.2. The zero-order chi connectivity index (χ0) is 18.0. The van der Waals surface area contributed by atoms with Crippen molar-refractivity contribution in [1.82, 2.24) is 10.2 Å². The van der Waals surface area contributed by atoms with Gasteiger partial charge in [0.25, 0.3) is 15.9 Å². The molecule has 1 amide bonds. The maximum Gasteiger partial charge on any atom is 0.311 e. The van der Waals surface area contributed by atoms with Gasteiger partial charge in [-0.1, -0.05) is 13.8 Å². The average molecular weight is 355 g/mol. The van der Waals surface area contributed by atoms with Crippen molar-refractivity contribution in [3.05, 3.63) is 23.9 Å². The number of amidine groups is 1. The van der Waals surface area contributed by atoms with Crippen molar-refractivity contribution < 1.29 is 23.1 Å². The van der Waals surface area contributed by atoms with Crippen molar-refractivity contribution in [2.45, 2.75) is 26.7 Å². The maximum atomic E-state index is 12.3. The van der Waals surface area contributed by atoms with Gasteiger partial charge in [-0.2, -0.15) is 0 Å². The third-order valence-corrected chi connectivity index (χ3v) is 5.64. The number of aliphatic carboxylic acids is 1. The Labute approximate surface area is 141 Å². The molecule has 0 aromatic carbocycles. The van der Waals surface area contributed by atoms with Crippen LogP contribution in [-0.2, 0) is 19.6 Å². The van der Waals surface area contributed by atoms with E-state index in [0.717, 1.165) is 0 Å². The molecule has 2 heterocycles. The quantitative estimate of drug-likeness (QED) is 0.716. The number of hydrogen-bond donors (Lipinski definition) is 2. The van der Waals surface area contributed by atoms with Gasteiger partial charge in [-0.3, -0.25) is 9.59 Å². The Morgan fingerprint density at radius 2 is 2.00 bits per heavy atom. The summed E-state index contributed by atoms with van der Waals surface area (Å²) >= 11 is 0. The van der Waals surface area contributed by atoms with E-state index in [0.29, 0.717) is 18.4 Å². The van der Waals surface area contributed by atoms with Crippen LogP contribution in [-0.4, -0.2) is 55.0 Å². The summed E-state index contributed by atoms with van der Waals surface area (Å²) in [4.78, 5) is 25.4. The molecule has 8 nitrogen and oxygen atoms in total. The lowest BCUT2D eigenvalue weighted by molar-refractivity contribution is -0.149. The van der Waals surface area contributed by atoms with Crippen LogP contribution in [0.15, 0.2) is 28.3 Å². The Morgan fingerprint density at radius 3 is 2.58 bits per heavy atom. The lowest BCUT2D eigenvalue weighted by atomic mass is 9.82. The number of amides is 1. The first-order chi connectivity index (χ1) is 11.2. The molecule has 2 N–H and O–H groups in total. The summed E-state index contributed by atoms with van der Waals surface area (Å²) in [6, 6.07) is 0. The molecule has 0 spiro atoms. The SMILES string of the molecule is CCC(CC)(CNC(=O)C1=CN2CCS(=O)(=O)N=C2C=C1)C(=O)O. The van der Waals surface area contributed by atoms with Crippen molar-refractivity contribution in [3.63, 3.8) is 0 Å². The van der Waals surface area contributed by atoms with Crippen LogP contribution in [0.4, 0.5) is 0 Å². The van der Waals surface area contributed by atoms with Gasteiger partial charge in [0.15, 0.2) is 0 Å². The van der Waals surface area contributed by atoms with Crippen LogP contribution >= 0.6 is 0 Å². The van der Waals surface area contributed by atoms with E-state index >= 15 is 0 Å². The molecular weight excluding hydrogens is 334 g/mol. The maximum absolute atomic E-state index is 12.3. The Bertz CT molecular complexity index is 732. The number of rotatable bonds is 6. The van der Waals surface area contributed by atoms with Gasteiger partial charge in [0.05, 0.1) is 16.7 Å². The molecule has 0 saturated heterocycles. The van der Waals surface area contributed by atoms with Crippen molar-refractivity contribution >= 4 is 27.7 Å². The Hall–Kier alpha value is -2.16. The molecule has 0 bridgehead atoms. The minimum Gasteiger partial charge on any atom is -0.481 e. The van der Waals surface area contributed by atoms with E-state index in [1.807, 2.05) is 0 Å². The number of fused-ring (bicyclic) bond motifs is 1. The smallest absolute Gasteiger partial charge is 0.311 e. The molecule has 2 aliphatic rings. The monoisotopic (exact) mass is 355 g/mol. The number of sulfonamides is 1. The highest BCUT2D eigenvalue weighted by Gasteiger charge is 2.35. The minimum absolute atomic E-state index is 0.0364. The van der Waals surface area contributed by atoms with E-state index in [9.17, 15) is 23.1 Å². The molecule has 24 heavy (non-hydrogen) atoms. The van der Waals surface area contributed by atoms with Gasteiger partial charge in [-0.15, -0.1) is 4.40 Å². The zero-order valence-electron chi connectivity index (χ0n) is 13.7. The number of carbonyl (C=O) groups is 2. The van der Waals surface area contributed by atoms with Crippen molar-refractivity contribution in [1.29, 1.82) is 0 Å². The highest BCUT2D eigenvalue weighted by atomic mass is 32.2. The largest absolute Gasteiger partial charge is 0.481 e. The standard InChI is InChI=1S/C15H21N3O5S/c1-3-15(4-2,14(20)21)10-16-13(19)11-5-6-12-17-24(22,23)8-7-18(12)9-11/h5-6,9H,3-4,7-8,10H2,1-2H3,(H,16,19)(H,20,21). The second kappa shape index (κ2) is 6.76. The predicted molar refractivity (Wildman–Crippen MR) is 88.8 cm³/mol. The van der Waals surface area contributed by atoms with E-state index in [1.165, 1.54) is 18.4 Å². The van der Waals surface area contributed by atoms with Crippen LogP contribution in [0, 0.1) is 5.41 Å². The molecule has 2 aliphatic heterocycles. The third-order valence-electron chi connectivity index (χ3n) is 4.48. The average Bonchev–Trinajstić information content (AvgIpc) is 2.54. The van der Waals surface area contributed by atoms with Crippen LogP contribution in [0.5, 0.6) is 0 Å². The highest BCUT2D eigenvalue weighted by Crippen LogP contribution is 2.26. The molecule has 0 aliphatic carbocycles. The zero-order valence-corrected chi connectivity index (χ0v) is 14.5. The summed E-state index contributed by atoms with van der Waals surface area (Å²) in [5.41, 5.74) is -0.653. The second-order valence-corrected chi connectivity index (χ2v) is 7.58. The van der Waals surface area contributed by atoms with Crippen LogP contribution < -0.4 is 5.32 Å². The van der Waals surface area contributed by atoms with E-state index < -0.39 is 27.3 Å². The number of nitrogens with zero attached hydrogens (tertiary/aromatic N) is 2. The van der Waals surface area contributed by atoms with Crippen LogP contribution in [0.25, 0.3) is 0 Å². The van der Waals surface area contributed by atoms with Gasteiger partial charge in [0.2, 0.25) is 0 Å². The second-order valence-electron chi connectivity index (χ2n) is 5.82. The van der Waals surface area contributed by atoms with Crippen LogP contribution in [0.3, 0.4) is 0 Å². The Kier molecular flexibility index (Phi) is 5.12. The summed E-state index contributed by atoms with van der Waals surface area (Å²) in [6.07, 6.45) is 5.30. The first-order valence-electron chi connectivity index (χ1n) is 7.74. The fraction of sp³-hybridized carbons (Fsp3) is 0.533. The molecule has 0 unspecified atom stereocenters. The predicted octanol–water partition coefficient (Wildman–Crippen LogP) is 0.491. The molecule has 9 heteroatoms. The van der Waals surface area contributed by atoms with Gasteiger partial charge in [0.1, 0.15) is 5.84 Å². The van der Waals surface area contributed by atoms with Crippen molar-refractivity contribution in [2.24, 2.45) is 9.81 Å². The summed E-state index contributed by atoms with van der Waals surface area (Å²) in [5.74, 6) is -1.16. The molecule has 0 radical (unpaired) electrons. The third kappa shape index (κ3) is 3.66. The van der Waals surface area contributed by atoms with E-state index in [1.54, 1.807) is 18.7 Å². The molecule has 0 saturated carbocycles. The van der Waals surface area contributed by atoms with Gasteiger partial charge in [-0.05, 0) is 25.0 Å². The molecule has 132 valence electrons. The number of carboxylic acids is 1. The number of carbonyl (C=O) groups excluding carboxylic acids is 1. The number of hydrogen-bond acceptors (Lipinski definition) is 5. The lowest BCUT2D eigenvalue weighted by Crippen LogP contribution is -2.43. The van der Waals surface area contributed by atoms with E-state index in [2.05, 4.69) is 9.71 Å². The molecule has 2 rings (SSSR count). The van der Waals surface area contributed by atoms with E-state index in [4.69, 9.17) is 0 Å². The summed E-state index contributed by atoms with van der Waals surface area (Å²) in [6.45, 7) is 3.82. The summed E-state index contributed by atoms with van der Waals surface area (Å²) < 4.78 is 26.6. The first kappa shape index (κ1) is 18.2. The molecule has 0 atom stereocenters. The van der Waals surface area contributed by atoms with Crippen molar-refractivity contribution in [2.75, 3.05) is 18.8 Å². The van der Waals surface area contributed by atoms with Crippen molar-refractivity contribution in [3.8, 4) is 0 Å². The Balaban J connectivity index is 2.09. The fourth-order valence-corrected chi connectivity index (χ4v) is 3.53. The molecule has 0 fully saturated rings. The fourth-order valence-electron chi connectivity index (χ4n) is 2.56. The molecule has 0 aromatic rings. The number of nitrogens with one attached hydrogen (secondary N) is 1. The summed E-state index contributed by atoms with van der Waals surface area (Å²) in [7, 11) is -3.44. The lowest BCUT2D eigenvalue weighted by Gasteiger charge is -2.29. The van der Waals surface area contributed by atoms with Crippen LogP contribution in [0.1, 0.15) is 26.7 Å².